The zero-order valence-corrected chi connectivity index (χ0v) is 10.2. The van der Waals surface area contributed by atoms with Gasteiger partial charge in [-0.05, 0) is 30.5 Å². The summed E-state index contributed by atoms with van der Waals surface area (Å²) in [6, 6.07) is 2.45. The van der Waals surface area contributed by atoms with Crippen molar-refractivity contribution < 1.29 is 19.4 Å². The van der Waals surface area contributed by atoms with Crippen LogP contribution in [-0.2, 0) is 4.79 Å². The molecule has 1 atom stereocenters. The molecule has 0 fully saturated rings. The summed E-state index contributed by atoms with van der Waals surface area (Å²) in [5.41, 5.74) is 0.802. The summed E-state index contributed by atoms with van der Waals surface area (Å²) in [4.78, 5) is 10.8. The Morgan fingerprint density at radius 3 is 2.47 bits per heavy atom. The van der Waals surface area contributed by atoms with Crippen LogP contribution in [0.1, 0.15) is 37.3 Å². The SMILES string of the molecule is Cc1cc(F)cc(C(CC(=O)O)C(C)C)c1O. The van der Waals surface area contributed by atoms with Gasteiger partial charge in [0.1, 0.15) is 11.6 Å². The molecule has 0 aromatic heterocycles. The summed E-state index contributed by atoms with van der Waals surface area (Å²) in [6.07, 6.45) is -0.117. The molecule has 1 aromatic rings. The van der Waals surface area contributed by atoms with Crippen molar-refractivity contribution in [2.24, 2.45) is 5.92 Å². The quantitative estimate of drug-likeness (QED) is 0.850. The van der Waals surface area contributed by atoms with Gasteiger partial charge in [0.2, 0.25) is 0 Å². The Bertz CT molecular complexity index is 427. The Hall–Kier alpha value is -1.58. The van der Waals surface area contributed by atoms with Gasteiger partial charge in [0, 0.05) is 11.5 Å². The molecule has 1 aromatic carbocycles. The third kappa shape index (κ3) is 3.19. The van der Waals surface area contributed by atoms with Gasteiger partial charge >= 0.3 is 5.97 Å². The van der Waals surface area contributed by atoms with E-state index in [0.717, 1.165) is 0 Å². The summed E-state index contributed by atoms with van der Waals surface area (Å²) in [5, 5.41) is 18.7. The van der Waals surface area contributed by atoms with Crippen LogP contribution >= 0.6 is 0 Å². The van der Waals surface area contributed by atoms with Crippen molar-refractivity contribution in [3.05, 3.63) is 29.1 Å². The van der Waals surface area contributed by atoms with Crippen molar-refractivity contribution in [3.8, 4) is 5.75 Å². The fraction of sp³-hybridized carbons (Fsp3) is 0.462. The highest BCUT2D eigenvalue weighted by Crippen LogP contribution is 2.36. The van der Waals surface area contributed by atoms with E-state index in [-0.39, 0.29) is 24.0 Å². The highest BCUT2D eigenvalue weighted by molar-refractivity contribution is 5.68. The van der Waals surface area contributed by atoms with Gasteiger partial charge in [0.15, 0.2) is 0 Å². The van der Waals surface area contributed by atoms with Crippen molar-refractivity contribution in [1.82, 2.24) is 0 Å². The largest absolute Gasteiger partial charge is 0.507 e. The highest BCUT2D eigenvalue weighted by atomic mass is 19.1. The number of carbonyl (C=O) groups is 1. The Labute approximate surface area is 99.9 Å². The normalized spacial score (nSPS) is 12.8. The molecule has 3 nitrogen and oxygen atoms in total. The van der Waals surface area contributed by atoms with E-state index in [2.05, 4.69) is 0 Å². The van der Waals surface area contributed by atoms with E-state index >= 15 is 0 Å². The molecular weight excluding hydrogens is 223 g/mol. The van der Waals surface area contributed by atoms with Crippen LogP contribution < -0.4 is 0 Å². The molecule has 0 saturated carbocycles. The van der Waals surface area contributed by atoms with Crippen LogP contribution in [0.3, 0.4) is 0 Å². The first-order chi connectivity index (χ1) is 7.82. The molecule has 0 aliphatic carbocycles. The van der Waals surface area contributed by atoms with Crippen LogP contribution in [0, 0.1) is 18.7 Å². The molecule has 0 aliphatic heterocycles. The first-order valence-electron chi connectivity index (χ1n) is 5.53. The van der Waals surface area contributed by atoms with E-state index in [0.29, 0.717) is 11.1 Å². The van der Waals surface area contributed by atoms with Gasteiger partial charge in [-0.3, -0.25) is 4.79 Å². The Kier molecular flexibility index (Phi) is 4.10. The fourth-order valence-electron chi connectivity index (χ4n) is 1.94. The molecule has 1 rings (SSSR count). The molecule has 4 heteroatoms. The number of hydrogen-bond donors (Lipinski definition) is 2. The van der Waals surface area contributed by atoms with E-state index < -0.39 is 11.8 Å². The van der Waals surface area contributed by atoms with Gasteiger partial charge in [0.05, 0.1) is 6.42 Å². The second-order valence-corrected chi connectivity index (χ2v) is 4.61. The van der Waals surface area contributed by atoms with Crippen molar-refractivity contribution in [2.75, 3.05) is 0 Å². The van der Waals surface area contributed by atoms with E-state index in [1.165, 1.54) is 12.1 Å². The number of carboxylic acid groups (broad SMARTS) is 1. The summed E-state index contributed by atoms with van der Waals surface area (Å²) in [6.45, 7) is 5.31. The molecule has 94 valence electrons. The number of carboxylic acids is 1. The minimum absolute atomic E-state index is 0.00801. The maximum Gasteiger partial charge on any atom is 0.303 e. The minimum Gasteiger partial charge on any atom is -0.507 e. The van der Waals surface area contributed by atoms with Crippen molar-refractivity contribution >= 4 is 5.97 Å². The molecule has 0 saturated heterocycles. The van der Waals surface area contributed by atoms with Gasteiger partial charge in [-0.1, -0.05) is 13.8 Å². The molecule has 0 spiro atoms. The lowest BCUT2D eigenvalue weighted by molar-refractivity contribution is -0.137. The predicted molar refractivity (Wildman–Crippen MR) is 62.6 cm³/mol. The second-order valence-electron chi connectivity index (χ2n) is 4.61. The second kappa shape index (κ2) is 5.17. The lowest BCUT2D eigenvalue weighted by atomic mass is 9.84. The first kappa shape index (κ1) is 13.5. The molecule has 2 N–H and O–H groups in total. The molecule has 0 aliphatic rings. The van der Waals surface area contributed by atoms with E-state index in [1.54, 1.807) is 6.92 Å². The Morgan fingerprint density at radius 1 is 1.41 bits per heavy atom. The number of halogens is 1. The van der Waals surface area contributed by atoms with Crippen LogP contribution in [0.25, 0.3) is 0 Å². The maximum atomic E-state index is 13.3. The molecule has 0 bridgehead atoms. The fourth-order valence-corrected chi connectivity index (χ4v) is 1.94. The lowest BCUT2D eigenvalue weighted by Gasteiger charge is -2.21. The third-order valence-corrected chi connectivity index (χ3v) is 2.89. The topological polar surface area (TPSA) is 57.5 Å². The van der Waals surface area contributed by atoms with Gasteiger partial charge < -0.3 is 10.2 Å². The lowest BCUT2D eigenvalue weighted by Crippen LogP contribution is -2.13. The van der Waals surface area contributed by atoms with Crippen LogP contribution in [0.5, 0.6) is 5.75 Å². The zero-order chi connectivity index (χ0) is 13.2. The Morgan fingerprint density at radius 2 is 2.00 bits per heavy atom. The molecule has 1 unspecified atom stereocenters. The predicted octanol–water partition coefficient (Wildman–Crippen LogP) is 3.05. The summed E-state index contributed by atoms with van der Waals surface area (Å²) >= 11 is 0. The number of aryl methyl sites for hydroxylation is 1. The van der Waals surface area contributed by atoms with E-state index in [9.17, 15) is 14.3 Å². The number of phenols is 1. The molecular formula is C13H17FO3. The molecule has 17 heavy (non-hydrogen) atoms. The Balaban J connectivity index is 3.22. The van der Waals surface area contributed by atoms with Crippen molar-refractivity contribution in [2.45, 2.75) is 33.1 Å². The van der Waals surface area contributed by atoms with Gasteiger partial charge in [-0.25, -0.2) is 4.39 Å². The molecule has 0 amide bonds. The number of aliphatic carboxylic acids is 1. The summed E-state index contributed by atoms with van der Waals surface area (Å²) in [5.74, 6) is -1.79. The summed E-state index contributed by atoms with van der Waals surface area (Å²) < 4.78 is 13.3. The number of benzene rings is 1. The average Bonchev–Trinajstić information content (AvgIpc) is 2.19. The van der Waals surface area contributed by atoms with Gasteiger partial charge in [0.25, 0.3) is 0 Å². The minimum atomic E-state index is -0.954. The number of aromatic hydroxyl groups is 1. The van der Waals surface area contributed by atoms with Gasteiger partial charge in [-0.2, -0.15) is 0 Å². The summed E-state index contributed by atoms with van der Waals surface area (Å²) in [7, 11) is 0. The van der Waals surface area contributed by atoms with E-state index in [1.807, 2.05) is 13.8 Å². The number of rotatable bonds is 4. The van der Waals surface area contributed by atoms with Crippen molar-refractivity contribution in [3.63, 3.8) is 0 Å². The maximum absolute atomic E-state index is 13.3. The number of phenolic OH excluding ortho intramolecular Hbond substituents is 1. The van der Waals surface area contributed by atoms with Crippen LogP contribution in [0.4, 0.5) is 4.39 Å². The standard InChI is InChI=1S/C13H17FO3/c1-7(2)10(6-12(15)16)11-5-9(14)4-8(3)13(11)17/h4-5,7,10,17H,6H2,1-3H3,(H,15,16). The van der Waals surface area contributed by atoms with Crippen LogP contribution in [0.2, 0.25) is 0 Å². The van der Waals surface area contributed by atoms with Crippen LogP contribution in [-0.4, -0.2) is 16.2 Å². The van der Waals surface area contributed by atoms with Gasteiger partial charge in [-0.15, -0.1) is 0 Å². The van der Waals surface area contributed by atoms with Crippen LogP contribution in [0.15, 0.2) is 12.1 Å². The first-order valence-corrected chi connectivity index (χ1v) is 5.53. The molecule has 0 heterocycles. The smallest absolute Gasteiger partial charge is 0.303 e. The van der Waals surface area contributed by atoms with Crippen molar-refractivity contribution in [1.29, 1.82) is 0 Å². The van der Waals surface area contributed by atoms with E-state index in [4.69, 9.17) is 5.11 Å². The third-order valence-electron chi connectivity index (χ3n) is 2.89. The monoisotopic (exact) mass is 240 g/mol. The molecule has 0 radical (unpaired) electrons. The average molecular weight is 240 g/mol. The number of hydrogen-bond acceptors (Lipinski definition) is 2. The zero-order valence-electron chi connectivity index (χ0n) is 10.2. The highest BCUT2D eigenvalue weighted by Gasteiger charge is 2.23.